The fourth-order valence-electron chi connectivity index (χ4n) is 3.72. The number of likely N-dealkylation sites (N-methyl/N-ethyl adjacent to an activating group) is 1. The van der Waals surface area contributed by atoms with E-state index in [9.17, 15) is 9.18 Å². The molecule has 2 aromatic carbocycles. The molecule has 0 unspecified atom stereocenters. The van der Waals surface area contributed by atoms with Gasteiger partial charge in [-0.2, -0.15) is 0 Å². The van der Waals surface area contributed by atoms with E-state index >= 15 is 0 Å². The van der Waals surface area contributed by atoms with Crippen LogP contribution in [0.3, 0.4) is 0 Å². The van der Waals surface area contributed by atoms with E-state index in [-0.39, 0.29) is 11.9 Å². The maximum Gasteiger partial charge on any atom is 0.252 e. The van der Waals surface area contributed by atoms with Gasteiger partial charge in [-0.1, -0.05) is 6.07 Å². The van der Waals surface area contributed by atoms with Crippen molar-refractivity contribution in [1.82, 2.24) is 10.6 Å². The molecule has 1 heterocycles. The zero-order valence-electron chi connectivity index (χ0n) is 18.5. The van der Waals surface area contributed by atoms with E-state index in [0.717, 1.165) is 24.3 Å². The van der Waals surface area contributed by atoms with E-state index in [0.29, 0.717) is 28.3 Å². The van der Waals surface area contributed by atoms with Crippen LogP contribution in [0.1, 0.15) is 40.0 Å². The second kappa shape index (κ2) is 9.85. The topological polar surface area (TPSA) is 84.8 Å². The molecule has 1 atom stereocenters. The molecule has 0 aliphatic carbocycles. The molecule has 0 aromatic heterocycles. The van der Waals surface area contributed by atoms with Crippen molar-refractivity contribution >= 4 is 23.4 Å². The Morgan fingerprint density at radius 1 is 1.29 bits per heavy atom. The minimum Gasteiger partial charge on any atom is -0.368 e. The molecule has 31 heavy (non-hydrogen) atoms. The second-order valence-corrected chi connectivity index (χ2v) is 7.96. The molecular weight excluding hydrogens is 393 g/mol. The summed E-state index contributed by atoms with van der Waals surface area (Å²) in [5.41, 5.74) is 4.42. The first-order chi connectivity index (χ1) is 14.9. The monoisotopic (exact) mass is 424 g/mol. The van der Waals surface area contributed by atoms with E-state index in [4.69, 9.17) is 5.41 Å². The predicted octanol–water partition coefficient (Wildman–Crippen LogP) is 2.22. The third-order valence-electron chi connectivity index (χ3n) is 5.72. The first kappa shape index (κ1) is 22.7. The summed E-state index contributed by atoms with van der Waals surface area (Å²) in [6, 6.07) is 10.7. The lowest BCUT2D eigenvalue weighted by Crippen LogP contribution is -2.72. The highest BCUT2D eigenvalue weighted by Crippen LogP contribution is 2.25. The molecule has 1 fully saturated rings. The van der Waals surface area contributed by atoms with Gasteiger partial charge in [-0.25, -0.2) is 4.39 Å². The quantitative estimate of drug-likeness (QED) is 0.490. The molecule has 2 aromatic rings. The molecule has 0 radical (unpaired) electrons. The van der Waals surface area contributed by atoms with Crippen LogP contribution in [0.5, 0.6) is 0 Å². The smallest absolute Gasteiger partial charge is 0.252 e. The molecule has 164 valence electrons. The van der Waals surface area contributed by atoms with Gasteiger partial charge in [-0.05, 0) is 67.9 Å². The zero-order valence-corrected chi connectivity index (χ0v) is 18.5. The summed E-state index contributed by atoms with van der Waals surface area (Å²) in [5.74, 6) is -0.583. The Kier molecular flexibility index (Phi) is 7.20. The molecule has 6 nitrogen and oxygen atoms in total. The van der Waals surface area contributed by atoms with Gasteiger partial charge in [0, 0.05) is 36.6 Å². The molecule has 7 heteroatoms. The number of benzene rings is 2. The number of nitrogens with two attached hydrogens (primary N) is 1. The van der Waals surface area contributed by atoms with E-state index in [1.165, 1.54) is 18.3 Å². The Hall–Kier alpha value is -3.03. The normalized spacial score (nSPS) is 15.4. The molecule has 1 aliphatic rings. The summed E-state index contributed by atoms with van der Waals surface area (Å²) < 4.78 is 14.3. The fourth-order valence-corrected chi connectivity index (χ4v) is 3.72. The Morgan fingerprint density at radius 2 is 2.03 bits per heavy atom. The summed E-state index contributed by atoms with van der Waals surface area (Å²) in [6.07, 6.45) is 2.96. The Balaban J connectivity index is 1.79. The number of rotatable bonds is 8. The van der Waals surface area contributed by atoms with Crippen LogP contribution < -0.4 is 20.9 Å². The number of hydrogen-bond acceptors (Lipinski definition) is 4. The lowest BCUT2D eigenvalue weighted by Gasteiger charge is -2.41. The van der Waals surface area contributed by atoms with E-state index in [1.807, 2.05) is 57.5 Å². The van der Waals surface area contributed by atoms with Gasteiger partial charge in [0.2, 0.25) is 0 Å². The number of aryl methyl sites for hydroxylation is 1. The molecule has 1 saturated heterocycles. The Morgan fingerprint density at radius 3 is 2.68 bits per heavy atom. The van der Waals surface area contributed by atoms with E-state index < -0.39 is 5.82 Å². The molecular formula is C24H31FN5O+. The molecule has 0 saturated carbocycles. The average Bonchev–Trinajstić information content (AvgIpc) is 2.71. The summed E-state index contributed by atoms with van der Waals surface area (Å²) in [6.45, 7) is 5.59. The van der Waals surface area contributed by atoms with Crippen LogP contribution in [0.2, 0.25) is 0 Å². The van der Waals surface area contributed by atoms with Crippen LogP contribution in [0.15, 0.2) is 42.6 Å². The van der Waals surface area contributed by atoms with Crippen LogP contribution >= 0.6 is 0 Å². The van der Waals surface area contributed by atoms with Crippen LogP contribution in [0.25, 0.3) is 5.57 Å². The molecule has 1 aliphatic heterocycles. The number of amides is 1. The van der Waals surface area contributed by atoms with Crippen LogP contribution in [-0.4, -0.2) is 45.3 Å². The van der Waals surface area contributed by atoms with E-state index in [1.54, 1.807) is 6.20 Å². The minimum absolute atomic E-state index is 0.187. The van der Waals surface area contributed by atoms with Crippen LogP contribution in [0.4, 0.5) is 10.1 Å². The van der Waals surface area contributed by atoms with Crippen LogP contribution in [-0.2, 0) is 0 Å². The van der Waals surface area contributed by atoms with Gasteiger partial charge in [0.05, 0.1) is 18.7 Å². The number of nitrogens with one attached hydrogen (secondary N) is 3. The number of anilines is 1. The number of carbonyl (C=O) groups is 1. The SMILES string of the molecule is CNC1CN(c2ccc(C)c(C(=O)N[C@H](C)c3cc(F)cc(/C(C=N)=C/[NH2+]C)c3)c2)C1. The first-order valence-corrected chi connectivity index (χ1v) is 10.5. The highest BCUT2D eigenvalue weighted by atomic mass is 19.1. The number of quaternary nitrogens is 1. The van der Waals surface area contributed by atoms with Crippen molar-refractivity contribution in [3.05, 3.63) is 70.7 Å². The fraction of sp³-hybridized carbons (Fsp3) is 0.333. The first-order valence-electron chi connectivity index (χ1n) is 10.5. The summed E-state index contributed by atoms with van der Waals surface area (Å²) in [4.78, 5) is 15.3. The lowest BCUT2D eigenvalue weighted by molar-refractivity contribution is -0.555. The van der Waals surface area contributed by atoms with Gasteiger partial charge in [0.25, 0.3) is 5.91 Å². The third kappa shape index (κ3) is 5.18. The predicted molar refractivity (Wildman–Crippen MR) is 123 cm³/mol. The van der Waals surface area contributed by atoms with Gasteiger partial charge in [0.1, 0.15) is 12.0 Å². The number of hydrogen-bond donors (Lipinski definition) is 4. The van der Waals surface area contributed by atoms with Gasteiger partial charge in [-0.3, -0.25) is 4.79 Å². The summed E-state index contributed by atoms with van der Waals surface area (Å²) in [7, 11) is 3.80. The number of carbonyl (C=O) groups excluding carboxylic acids is 1. The largest absolute Gasteiger partial charge is 0.368 e. The maximum atomic E-state index is 14.3. The zero-order chi connectivity index (χ0) is 22.5. The highest BCUT2D eigenvalue weighted by Gasteiger charge is 2.26. The molecule has 0 spiro atoms. The van der Waals surface area contributed by atoms with Crippen LogP contribution in [0, 0.1) is 18.2 Å². The minimum atomic E-state index is -0.396. The molecule has 0 bridgehead atoms. The lowest BCUT2D eigenvalue weighted by atomic mass is 9.99. The number of halogens is 1. The Bertz CT molecular complexity index is 997. The van der Waals surface area contributed by atoms with Crippen molar-refractivity contribution in [1.29, 1.82) is 5.41 Å². The second-order valence-electron chi connectivity index (χ2n) is 7.96. The van der Waals surface area contributed by atoms with Crippen molar-refractivity contribution in [2.24, 2.45) is 0 Å². The van der Waals surface area contributed by atoms with Gasteiger partial charge in [0.15, 0.2) is 0 Å². The standard InChI is InChI=1S/C24H30FN5O/c1-15-5-6-22(30-13-21(14-30)28-4)10-23(15)24(31)29-16(2)17-7-18(9-20(25)8-17)19(11-26)12-27-3/h5-12,16,21,26-28H,13-14H2,1-4H3,(H,29,31)/p+1/b19-12+,26-11?/t16-/m1/s1. The maximum absolute atomic E-state index is 14.3. The van der Waals surface area contributed by atoms with Crippen molar-refractivity contribution < 1.29 is 14.5 Å². The molecule has 3 rings (SSSR count). The van der Waals surface area contributed by atoms with Crippen molar-refractivity contribution in [3.8, 4) is 0 Å². The average molecular weight is 425 g/mol. The van der Waals surface area contributed by atoms with E-state index in [2.05, 4.69) is 15.5 Å². The van der Waals surface area contributed by atoms with Gasteiger partial charge >= 0.3 is 0 Å². The summed E-state index contributed by atoms with van der Waals surface area (Å²) in [5, 5.41) is 15.6. The van der Waals surface area contributed by atoms with Crippen molar-refractivity contribution in [2.75, 3.05) is 32.1 Å². The Labute approximate surface area is 183 Å². The number of nitrogens with zero attached hydrogens (tertiary/aromatic N) is 1. The molecule has 1 amide bonds. The van der Waals surface area contributed by atoms with Crippen molar-refractivity contribution in [3.63, 3.8) is 0 Å². The number of allylic oxidation sites excluding steroid dienone is 1. The third-order valence-corrected chi connectivity index (χ3v) is 5.72. The molecule has 5 N–H and O–H groups in total. The highest BCUT2D eigenvalue weighted by molar-refractivity contribution is 6.07. The van der Waals surface area contributed by atoms with Gasteiger partial charge < -0.3 is 26.3 Å². The van der Waals surface area contributed by atoms with Gasteiger partial charge in [-0.15, -0.1) is 0 Å². The van der Waals surface area contributed by atoms with Crippen molar-refractivity contribution in [2.45, 2.75) is 25.9 Å². The summed E-state index contributed by atoms with van der Waals surface area (Å²) >= 11 is 0.